The summed E-state index contributed by atoms with van der Waals surface area (Å²) in [7, 11) is 0. The predicted molar refractivity (Wildman–Crippen MR) is 108 cm³/mol. The van der Waals surface area contributed by atoms with Gasteiger partial charge in [-0.25, -0.2) is 4.79 Å². The second kappa shape index (κ2) is 8.05. The quantitative estimate of drug-likeness (QED) is 0.533. The Balaban J connectivity index is 1.45. The molecular formula is C25H22O2. The molecule has 0 N–H and O–H groups in total. The Morgan fingerprint density at radius 3 is 2.15 bits per heavy atom. The van der Waals surface area contributed by atoms with E-state index in [1.165, 1.54) is 16.7 Å². The molecule has 1 aliphatic carbocycles. The largest absolute Gasteiger partial charge is 0.457 e. The molecule has 2 nitrogen and oxygen atoms in total. The minimum Gasteiger partial charge on any atom is -0.457 e. The highest BCUT2D eigenvalue weighted by molar-refractivity contribution is 5.91. The van der Waals surface area contributed by atoms with Crippen LogP contribution in [0.25, 0.3) is 11.1 Å². The Morgan fingerprint density at radius 1 is 0.815 bits per heavy atom. The Hall–Kier alpha value is -3.13. The molecule has 4 rings (SSSR count). The second-order valence-corrected chi connectivity index (χ2v) is 6.84. The van der Waals surface area contributed by atoms with Gasteiger partial charge >= 0.3 is 5.97 Å². The van der Waals surface area contributed by atoms with Crippen LogP contribution in [0.15, 0.2) is 96.6 Å². The van der Waals surface area contributed by atoms with Gasteiger partial charge in [-0.15, -0.1) is 0 Å². The summed E-state index contributed by atoms with van der Waals surface area (Å²) >= 11 is 0. The van der Waals surface area contributed by atoms with Crippen molar-refractivity contribution in [2.75, 3.05) is 0 Å². The first-order valence-corrected chi connectivity index (χ1v) is 9.38. The van der Waals surface area contributed by atoms with Gasteiger partial charge in [0.25, 0.3) is 0 Å². The monoisotopic (exact) mass is 354 g/mol. The predicted octanol–water partition coefficient (Wildman–Crippen LogP) is 5.90. The van der Waals surface area contributed by atoms with Crippen LogP contribution in [0.1, 0.15) is 29.9 Å². The maximum Gasteiger partial charge on any atom is 0.334 e. The van der Waals surface area contributed by atoms with E-state index in [0.29, 0.717) is 6.61 Å². The van der Waals surface area contributed by atoms with E-state index < -0.39 is 0 Å². The molecule has 0 aromatic heterocycles. The topological polar surface area (TPSA) is 26.3 Å². The Labute approximate surface area is 160 Å². The highest BCUT2D eigenvalue weighted by atomic mass is 16.5. The van der Waals surface area contributed by atoms with Gasteiger partial charge in [-0.05, 0) is 35.1 Å². The smallest absolute Gasteiger partial charge is 0.334 e. The van der Waals surface area contributed by atoms with E-state index in [-0.39, 0.29) is 11.9 Å². The molecule has 0 heterocycles. The molecule has 1 unspecified atom stereocenters. The molecule has 134 valence electrons. The summed E-state index contributed by atoms with van der Waals surface area (Å²) in [5, 5.41) is 0. The lowest BCUT2D eigenvalue weighted by Gasteiger charge is -2.15. The number of hydrogen-bond acceptors (Lipinski definition) is 2. The fourth-order valence-corrected chi connectivity index (χ4v) is 3.62. The van der Waals surface area contributed by atoms with Crippen molar-refractivity contribution >= 4 is 5.97 Å². The van der Waals surface area contributed by atoms with Gasteiger partial charge in [0.15, 0.2) is 0 Å². The maximum absolute atomic E-state index is 12.6. The molecule has 0 amide bonds. The van der Waals surface area contributed by atoms with Crippen molar-refractivity contribution in [3.8, 4) is 11.1 Å². The first kappa shape index (κ1) is 17.3. The first-order chi connectivity index (χ1) is 13.3. The third-order valence-electron chi connectivity index (χ3n) is 5.06. The molecular weight excluding hydrogens is 332 g/mol. The van der Waals surface area contributed by atoms with E-state index in [1.54, 1.807) is 0 Å². The molecule has 0 saturated carbocycles. The SMILES string of the molecule is O=C(OCc1ccccc1)C1=CCCC1c1ccc(-c2ccccc2)cc1. The number of allylic oxidation sites excluding steroid dienone is 1. The number of rotatable bonds is 5. The van der Waals surface area contributed by atoms with Crippen LogP contribution in [0.4, 0.5) is 0 Å². The number of ether oxygens (including phenoxy) is 1. The van der Waals surface area contributed by atoms with E-state index in [0.717, 1.165) is 24.0 Å². The van der Waals surface area contributed by atoms with Gasteiger partial charge < -0.3 is 4.74 Å². The van der Waals surface area contributed by atoms with Gasteiger partial charge in [0.05, 0.1) is 0 Å². The Morgan fingerprint density at radius 2 is 1.44 bits per heavy atom. The highest BCUT2D eigenvalue weighted by Crippen LogP contribution is 2.36. The average molecular weight is 354 g/mol. The molecule has 1 atom stereocenters. The van der Waals surface area contributed by atoms with Crippen molar-refractivity contribution in [3.63, 3.8) is 0 Å². The zero-order valence-corrected chi connectivity index (χ0v) is 15.2. The summed E-state index contributed by atoms with van der Waals surface area (Å²) in [6.45, 7) is 0.316. The van der Waals surface area contributed by atoms with E-state index in [4.69, 9.17) is 4.74 Å². The summed E-state index contributed by atoms with van der Waals surface area (Å²) in [4.78, 5) is 12.6. The Kier molecular flexibility index (Phi) is 5.15. The maximum atomic E-state index is 12.6. The number of carbonyl (C=O) groups is 1. The van der Waals surface area contributed by atoms with Gasteiger partial charge in [0.1, 0.15) is 6.61 Å². The fourth-order valence-electron chi connectivity index (χ4n) is 3.62. The molecule has 0 saturated heterocycles. The summed E-state index contributed by atoms with van der Waals surface area (Å²) in [5.74, 6) is -0.0772. The summed E-state index contributed by atoms with van der Waals surface area (Å²) in [6.07, 6.45) is 3.91. The molecule has 2 heteroatoms. The van der Waals surface area contributed by atoms with Crippen molar-refractivity contribution < 1.29 is 9.53 Å². The van der Waals surface area contributed by atoms with E-state index in [1.807, 2.05) is 54.6 Å². The van der Waals surface area contributed by atoms with Crippen molar-refractivity contribution in [1.29, 1.82) is 0 Å². The van der Waals surface area contributed by atoms with Crippen molar-refractivity contribution in [3.05, 3.63) is 108 Å². The lowest BCUT2D eigenvalue weighted by Crippen LogP contribution is -2.12. The van der Waals surface area contributed by atoms with Crippen LogP contribution in [-0.4, -0.2) is 5.97 Å². The van der Waals surface area contributed by atoms with E-state index >= 15 is 0 Å². The first-order valence-electron chi connectivity index (χ1n) is 9.38. The molecule has 0 bridgehead atoms. The zero-order chi connectivity index (χ0) is 18.5. The number of hydrogen-bond donors (Lipinski definition) is 0. The van der Waals surface area contributed by atoms with Crippen molar-refractivity contribution in [2.24, 2.45) is 0 Å². The third kappa shape index (κ3) is 4.01. The van der Waals surface area contributed by atoms with Gasteiger partial charge in [-0.2, -0.15) is 0 Å². The summed E-state index contributed by atoms with van der Waals surface area (Å²) in [6, 6.07) is 28.7. The van der Waals surface area contributed by atoms with Crippen LogP contribution in [-0.2, 0) is 16.1 Å². The van der Waals surface area contributed by atoms with Gasteiger partial charge in [-0.1, -0.05) is 91.0 Å². The molecule has 3 aromatic rings. The standard InChI is InChI=1S/C25H22O2/c26-25(27-18-19-8-3-1-4-9-19)24-13-7-12-23(24)22-16-14-21(15-17-22)20-10-5-2-6-11-20/h1-6,8-11,13-17,23H,7,12,18H2. The molecule has 0 aliphatic heterocycles. The molecule has 0 radical (unpaired) electrons. The van der Waals surface area contributed by atoms with Crippen LogP contribution < -0.4 is 0 Å². The molecule has 0 spiro atoms. The van der Waals surface area contributed by atoms with Gasteiger partial charge in [-0.3, -0.25) is 0 Å². The molecule has 3 aromatic carbocycles. The van der Waals surface area contributed by atoms with Crippen molar-refractivity contribution in [2.45, 2.75) is 25.4 Å². The van der Waals surface area contributed by atoms with Crippen molar-refractivity contribution in [1.82, 2.24) is 0 Å². The Bertz CT molecular complexity index is 925. The second-order valence-electron chi connectivity index (χ2n) is 6.84. The van der Waals surface area contributed by atoms with Gasteiger partial charge in [0.2, 0.25) is 0 Å². The third-order valence-corrected chi connectivity index (χ3v) is 5.06. The average Bonchev–Trinajstić information content (AvgIpc) is 3.24. The van der Waals surface area contributed by atoms with E-state index in [9.17, 15) is 4.79 Å². The zero-order valence-electron chi connectivity index (χ0n) is 15.2. The number of benzene rings is 3. The van der Waals surface area contributed by atoms with Crippen LogP contribution in [0.3, 0.4) is 0 Å². The van der Waals surface area contributed by atoms with Crippen LogP contribution >= 0.6 is 0 Å². The minimum atomic E-state index is -0.200. The lowest BCUT2D eigenvalue weighted by molar-refractivity contribution is -0.140. The number of esters is 1. The van der Waals surface area contributed by atoms with E-state index in [2.05, 4.69) is 36.4 Å². The summed E-state index contributed by atoms with van der Waals surface area (Å²) < 4.78 is 5.55. The highest BCUT2D eigenvalue weighted by Gasteiger charge is 2.27. The molecule has 0 fully saturated rings. The fraction of sp³-hybridized carbons (Fsp3) is 0.160. The minimum absolute atomic E-state index is 0.123. The number of carbonyl (C=O) groups excluding carboxylic acids is 1. The van der Waals surface area contributed by atoms with Gasteiger partial charge in [0, 0.05) is 11.5 Å². The molecule has 27 heavy (non-hydrogen) atoms. The van der Waals surface area contributed by atoms with Crippen LogP contribution in [0.2, 0.25) is 0 Å². The van der Waals surface area contributed by atoms with Crippen LogP contribution in [0, 0.1) is 0 Å². The normalized spacial score (nSPS) is 16.0. The van der Waals surface area contributed by atoms with Crippen LogP contribution in [0.5, 0.6) is 0 Å². The summed E-state index contributed by atoms with van der Waals surface area (Å²) in [5.41, 5.74) is 5.37. The molecule has 1 aliphatic rings. The lowest BCUT2D eigenvalue weighted by atomic mass is 9.91.